The number of hydrogen-bond donors (Lipinski definition) is 2. The van der Waals surface area contributed by atoms with E-state index in [1.54, 1.807) is 0 Å². The average Bonchev–Trinajstić information content (AvgIpc) is 3.16. The van der Waals surface area contributed by atoms with Crippen molar-refractivity contribution in [2.75, 3.05) is 44.2 Å². The van der Waals surface area contributed by atoms with Crippen LogP contribution in [0.3, 0.4) is 0 Å². The summed E-state index contributed by atoms with van der Waals surface area (Å²) in [5, 5.41) is 17.7. The molecule has 0 unspecified atom stereocenters. The van der Waals surface area contributed by atoms with Crippen LogP contribution in [0.5, 0.6) is 0 Å². The minimum Gasteiger partial charge on any atom is -0.387 e. The standard InChI is InChI=1S/C21H29ClN4O3/c22-16-3-6-18-19(13-16)29-24-21(18)26-11-9-25(10-12-26)8-7-15-1-4-17(5-2-15)23-20(28)14-27/h3,6,13,15,17,27H,1-2,4-5,7-12,14H2,(H,23,28)/t15-,17-. The van der Waals surface area contributed by atoms with Crippen molar-refractivity contribution in [2.24, 2.45) is 5.92 Å². The molecule has 0 radical (unpaired) electrons. The molecule has 4 rings (SSSR count). The van der Waals surface area contributed by atoms with E-state index >= 15 is 0 Å². The van der Waals surface area contributed by atoms with E-state index < -0.39 is 6.61 Å². The highest BCUT2D eigenvalue weighted by Crippen LogP contribution is 2.30. The van der Waals surface area contributed by atoms with E-state index in [1.807, 2.05) is 18.2 Å². The number of nitrogens with one attached hydrogen (secondary N) is 1. The van der Waals surface area contributed by atoms with E-state index in [9.17, 15) is 4.79 Å². The van der Waals surface area contributed by atoms with Crippen LogP contribution in [0.15, 0.2) is 22.7 Å². The van der Waals surface area contributed by atoms with Crippen molar-refractivity contribution in [1.29, 1.82) is 0 Å². The minimum atomic E-state index is -0.413. The molecule has 1 aliphatic heterocycles. The zero-order valence-corrected chi connectivity index (χ0v) is 17.4. The first-order chi connectivity index (χ1) is 14.1. The number of amides is 1. The summed E-state index contributed by atoms with van der Waals surface area (Å²) in [7, 11) is 0. The molecule has 1 aliphatic carbocycles. The third-order valence-electron chi connectivity index (χ3n) is 6.30. The fourth-order valence-electron chi connectivity index (χ4n) is 4.54. The second kappa shape index (κ2) is 9.32. The van der Waals surface area contributed by atoms with Gasteiger partial charge in [0, 0.05) is 43.3 Å². The highest BCUT2D eigenvalue weighted by molar-refractivity contribution is 6.31. The number of aliphatic hydroxyl groups is 1. The molecule has 1 aromatic carbocycles. The number of nitrogens with zero attached hydrogens (tertiary/aromatic N) is 3. The Balaban J connectivity index is 1.20. The maximum Gasteiger partial charge on any atom is 0.245 e. The first-order valence-electron chi connectivity index (χ1n) is 10.5. The quantitative estimate of drug-likeness (QED) is 0.747. The molecule has 7 nitrogen and oxygen atoms in total. The molecular weight excluding hydrogens is 392 g/mol. The molecule has 2 aromatic rings. The maximum absolute atomic E-state index is 11.3. The number of carbonyl (C=O) groups is 1. The highest BCUT2D eigenvalue weighted by Gasteiger charge is 2.25. The fraction of sp³-hybridized carbons (Fsp3) is 0.619. The lowest BCUT2D eigenvalue weighted by Gasteiger charge is -2.36. The van der Waals surface area contributed by atoms with Crippen LogP contribution >= 0.6 is 11.6 Å². The number of carbonyl (C=O) groups excluding carboxylic acids is 1. The number of aromatic nitrogens is 1. The summed E-state index contributed by atoms with van der Waals surface area (Å²) in [6.45, 7) is 4.67. The van der Waals surface area contributed by atoms with Crippen LogP contribution in [-0.2, 0) is 4.79 Å². The zero-order valence-electron chi connectivity index (χ0n) is 16.6. The molecule has 1 amide bonds. The molecule has 0 bridgehead atoms. The zero-order chi connectivity index (χ0) is 20.2. The highest BCUT2D eigenvalue weighted by atomic mass is 35.5. The summed E-state index contributed by atoms with van der Waals surface area (Å²) in [5.74, 6) is 1.40. The first kappa shape index (κ1) is 20.4. The van der Waals surface area contributed by atoms with Gasteiger partial charge in [-0.25, -0.2) is 0 Å². The fourth-order valence-corrected chi connectivity index (χ4v) is 4.71. The summed E-state index contributed by atoms with van der Waals surface area (Å²) in [6, 6.07) is 5.91. The Kier molecular flexibility index (Phi) is 6.57. The van der Waals surface area contributed by atoms with Gasteiger partial charge in [-0.1, -0.05) is 16.8 Å². The van der Waals surface area contributed by atoms with Gasteiger partial charge in [0.1, 0.15) is 6.61 Å². The molecule has 29 heavy (non-hydrogen) atoms. The number of halogens is 1. The number of rotatable bonds is 6. The Hall–Kier alpha value is -1.83. The molecule has 1 saturated heterocycles. The molecule has 2 fully saturated rings. The van der Waals surface area contributed by atoms with Crippen LogP contribution in [0.2, 0.25) is 5.02 Å². The number of aliphatic hydroxyl groups excluding tert-OH is 1. The molecule has 1 saturated carbocycles. The van der Waals surface area contributed by atoms with Gasteiger partial charge in [-0.3, -0.25) is 9.69 Å². The van der Waals surface area contributed by atoms with E-state index in [-0.39, 0.29) is 11.9 Å². The third-order valence-corrected chi connectivity index (χ3v) is 6.53. The summed E-state index contributed by atoms with van der Waals surface area (Å²) in [6.07, 6.45) is 5.57. The second-order valence-corrected chi connectivity index (χ2v) is 8.64. The summed E-state index contributed by atoms with van der Waals surface area (Å²) in [5.41, 5.74) is 0.737. The van der Waals surface area contributed by atoms with Crippen LogP contribution in [0.4, 0.5) is 5.82 Å². The predicted molar refractivity (Wildman–Crippen MR) is 113 cm³/mol. The molecular formula is C21H29ClN4O3. The Bertz CT molecular complexity index is 826. The first-order valence-corrected chi connectivity index (χ1v) is 10.9. The molecule has 1 aromatic heterocycles. The van der Waals surface area contributed by atoms with Crippen molar-refractivity contribution in [3.05, 3.63) is 23.2 Å². The minimum absolute atomic E-state index is 0.238. The van der Waals surface area contributed by atoms with Gasteiger partial charge in [-0.05, 0) is 56.7 Å². The van der Waals surface area contributed by atoms with Crippen molar-refractivity contribution in [3.63, 3.8) is 0 Å². The summed E-state index contributed by atoms with van der Waals surface area (Å²) >= 11 is 6.03. The lowest BCUT2D eigenvalue weighted by Crippen LogP contribution is -2.47. The lowest BCUT2D eigenvalue weighted by atomic mass is 9.84. The van der Waals surface area contributed by atoms with Crippen LogP contribution in [0.1, 0.15) is 32.1 Å². The van der Waals surface area contributed by atoms with Crippen LogP contribution in [0, 0.1) is 5.92 Å². The number of piperazine rings is 1. The van der Waals surface area contributed by atoms with E-state index in [4.69, 9.17) is 21.2 Å². The van der Waals surface area contributed by atoms with Gasteiger partial charge < -0.3 is 19.8 Å². The van der Waals surface area contributed by atoms with Crippen molar-refractivity contribution >= 4 is 34.3 Å². The number of fused-ring (bicyclic) bond motifs is 1. The van der Waals surface area contributed by atoms with Crippen molar-refractivity contribution in [3.8, 4) is 0 Å². The molecule has 2 aliphatic rings. The Morgan fingerprint density at radius 1 is 1.21 bits per heavy atom. The summed E-state index contributed by atoms with van der Waals surface area (Å²) in [4.78, 5) is 16.1. The molecule has 8 heteroatoms. The number of anilines is 1. The lowest BCUT2D eigenvalue weighted by molar-refractivity contribution is -0.124. The van der Waals surface area contributed by atoms with Gasteiger partial charge >= 0.3 is 0 Å². The second-order valence-electron chi connectivity index (χ2n) is 8.21. The Labute approximate surface area is 176 Å². The average molecular weight is 421 g/mol. The molecule has 158 valence electrons. The normalized spacial score (nSPS) is 23.4. The summed E-state index contributed by atoms with van der Waals surface area (Å²) < 4.78 is 5.45. The third kappa shape index (κ3) is 5.02. The number of benzene rings is 1. The maximum atomic E-state index is 11.3. The van der Waals surface area contributed by atoms with Crippen molar-refractivity contribution in [1.82, 2.24) is 15.4 Å². The molecule has 2 heterocycles. The molecule has 0 spiro atoms. The van der Waals surface area contributed by atoms with Gasteiger partial charge in [0.05, 0.1) is 5.39 Å². The van der Waals surface area contributed by atoms with Crippen LogP contribution in [0.25, 0.3) is 11.0 Å². The van der Waals surface area contributed by atoms with Crippen LogP contribution < -0.4 is 10.2 Å². The van der Waals surface area contributed by atoms with Crippen molar-refractivity contribution < 1.29 is 14.4 Å². The Morgan fingerprint density at radius 3 is 2.69 bits per heavy atom. The Morgan fingerprint density at radius 2 is 1.97 bits per heavy atom. The van der Waals surface area contributed by atoms with Gasteiger partial charge in [0.2, 0.25) is 5.91 Å². The van der Waals surface area contributed by atoms with Gasteiger partial charge in [-0.2, -0.15) is 0 Å². The SMILES string of the molecule is O=C(CO)N[C@H]1CC[C@H](CCN2CCN(c3noc4cc(Cl)ccc34)CC2)CC1. The number of hydrogen-bond acceptors (Lipinski definition) is 6. The molecule has 2 N–H and O–H groups in total. The van der Waals surface area contributed by atoms with E-state index in [0.29, 0.717) is 5.02 Å². The monoisotopic (exact) mass is 420 g/mol. The van der Waals surface area contributed by atoms with E-state index in [0.717, 1.165) is 81.1 Å². The van der Waals surface area contributed by atoms with Gasteiger partial charge in [0.25, 0.3) is 0 Å². The van der Waals surface area contributed by atoms with Gasteiger partial charge in [0.15, 0.2) is 11.4 Å². The topological polar surface area (TPSA) is 81.8 Å². The predicted octanol–water partition coefficient (Wildman–Crippen LogP) is 2.66. The van der Waals surface area contributed by atoms with E-state index in [2.05, 4.69) is 20.3 Å². The largest absolute Gasteiger partial charge is 0.387 e. The van der Waals surface area contributed by atoms with E-state index in [1.165, 1.54) is 6.42 Å². The van der Waals surface area contributed by atoms with Crippen LogP contribution in [-0.4, -0.2) is 66.4 Å². The molecule has 0 atom stereocenters. The smallest absolute Gasteiger partial charge is 0.245 e. The van der Waals surface area contributed by atoms with Gasteiger partial charge in [-0.15, -0.1) is 0 Å². The van der Waals surface area contributed by atoms with Crippen molar-refractivity contribution in [2.45, 2.75) is 38.1 Å².